The Hall–Kier alpha value is -3.19. The quantitative estimate of drug-likeness (QED) is 0.380. The molecule has 0 saturated heterocycles. The van der Waals surface area contributed by atoms with Crippen molar-refractivity contribution in [3.05, 3.63) is 96.2 Å². The van der Waals surface area contributed by atoms with E-state index < -0.39 is 0 Å². The third kappa shape index (κ3) is 3.17. The Morgan fingerprint density at radius 3 is 2.26 bits per heavy atom. The Balaban J connectivity index is 1.94. The number of aromatic nitrogens is 1. The first-order valence-corrected chi connectivity index (χ1v) is 9.26. The van der Waals surface area contributed by atoms with E-state index in [-0.39, 0.29) is 0 Å². The number of fused-ring (bicyclic) bond motifs is 1. The van der Waals surface area contributed by atoms with Crippen molar-refractivity contribution in [3.63, 3.8) is 0 Å². The molecule has 1 heteroatoms. The van der Waals surface area contributed by atoms with Crippen LogP contribution in [0.3, 0.4) is 0 Å². The molecule has 27 heavy (non-hydrogen) atoms. The molecule has 0 atom stereocenters. The number of hydrogen-bond acceptors (Lipinski definition) is 1. The maximum Gasteiger partial charge on any atom is 0.0780 e. The Kier molecular flexibility index (Phi) is 4.37. The molecule has 4 aromatic rings. The van der Waals surface area contributed by atoms with Gasteiger partial charge in [-0.25, -0.2) is 0 Å². The van der Waals surface area contributed by atoms with Crippen LogP contribution in [0.5, 0.6) is 0 Å². The minimum absolute atomic E-state index is 1.03. The largest absolute Gasteiger partial charge is 0.256 e. The fraction of sp³-hybridized carbons (Fsp3) is 0.115. The fourth-order valence-corrected chi connectivity index (χ4v) is 3.82. The van der Waals surface area contributed by atoms with Crippen LogP contribution >= 0.6 is 0 Å². The van der Waals surface area contributed by atoms with Gasteiger partial charge < -0.3 is 0 Å². The highest BCUT2D eigenvalue weighted by Gasteiger charge is 2.11. The van der Waals surface area contributed by atoms with Crippen molar-refractivity contribution >= 4 is 16.3 Å². The molecule has 1 nitrogen and oxygen atoms in total. The lowest BCUT2D eigenvalue weighted by molar-refractivity contribution is 1.33. The predicted molar refractivity (Wildman–Crippen MR) is 117 cm³/mol. The highest BCUT2D eigenvalue weighted by atomic mass is 14.7. The lowest BCUT2D eigenvalue weighted by Gasteiger charge is -2.13. The van der Waals surface area contributed by atoms with Crippen LogP contribution in [-0.2, 0) is 0 Å². The molecule has 0 unspecified atom stereocenters. The molecular weight excluding hydrogens is 326 g/mol. The van der Waals surface area contributed by atoms with Gasteiger partial charge in [-0.15, -0.1) is 0 Å². The SMILES string of the molecule is C=C(C)c1ccc2c(-c3cc(C)cc(-c4ccccc4)c3)nccc2c1C. The van der Waals surface area contributed by atoms with Crippen molar-refractivity contribution in [1.29, 1.82) is 0 Å². The smallest absolute Gasteiger partial charge is 0.0780 e. The summed E-state index contributed by atoms with van der Waals surface area (Å²) in [6, 6.07) is 23.7. The van der Waals surface area contributed by atoms with Crippen molar-refractivity contribution in [3.8, 4) is 22.4 Å². The Labute approximate surface area is 161 Å². The van der Waals surface area contributed by atoms with Crippen molar-refractivity contribution in [2.24, 2.45) is 0 Å². The molecule has 4 rings (SSSR count). The molecule has 132 valence electrons. The number of pyridine rings is 1. The number of aryl methyl sites for hydroxylation is 2. The molecule has 0 aliphatic carbocycles. The Morgan fingerprint density at radius 1 is 0.778 bits per heavy atom. The third-order valence-corrected chi connectivity index (χ3v) is 5.13. The summed E-state index contributed by atoms with van der Waals surface area (Å²) in [4.78, 5) is 4.75. The van der Waals surface area contributed by atoms with Crippen LogP contribution in [0.4, 0.5) is 0 Å². The number of benzene rings is 3. The van der Waals surface area contributed by atoms with Crippen LogP contribution < -0.4 is 0 Å². The van der Waals surface area contributed by atoms with E-state index in [1.54, 1.807) is 0 Å². The van der Waals surface area contributed by atoms with Gasteiger partial charge in [-0.05, 0) is 72.2 Å². The summed E-state index contributed by atoms with van der Waals surface area (Å²) in [5.41, 5.74) is 9.44. The molecule has 0 aliphatic heterocycles. The lowest BCUT2D eigenvalue weighted by atomic mass is 9.93. The van der Waals surface area contributed by atoms with Gasteiger partial charge in [-0.1, -0.05) is 60.7 Å². The molecule has 0 aliphatic rings. The van der Waals surface area contributed by atoms with Crippen molar-refractivity contribution in [1.82, 2.24) is 4.98 Å². The van der Waals surface area contributed by atoms with E-state index in [0.717, 1.165) is 16.8 Å². The molecule has 0 fully saturated rings. The highest BCUT2D eigenvalue weighted by molar-refractivity contribution is 5.98. The first-order valence-electron chi connectivity index (χ1n) is 9.26. The van der Waals surface area contributed by atoms with Gasteiger partial charge in [-0.3, -0.25) is 4.98 Å². The highest BCUT2D eigenvalue weighted by Crippen LogP contribution is 2.34. The fourth-order valence-electron chi connectivity index (χ4n) is 3.82. The van der Waals surface area contributed by atoms with Gasteiger partial charge in [0.1, 0.15) is 0 Å². The van der Waals surface area contributed by atoms with E-state index >= 15 is 0 Å². The number of rotatable bonds is 3. The first-order chi connectivity index (χ1) is 13.0. The maximum absolute atomic E-state index is 4.75. The maximum atomic E-state index is 4.75. The Morgan fingerprint density at radius 2 is 1.52 bits per heavy atom. The zero-order valence-corrected chi connectivity index (χ0v) is 16.1. The second-order valence-corrected chi connectivity index (χ2v) is 7.23. The van der Waals surface area contributed by atoms with E-state index in [9.17, 15) is 0 Å². The molecule has 0 bridgehead atoms. The summed E-state index contributed by atoms with van der Waals surface area (Å²) in [5.74, 6) is 0. The molecule has 0 spiro atoms. The standard InChI is InChI=1S/C26H23N/c1-17(2)23-10-11-25-24(19(23)4)12-13-27-26(25)22-15-18(3)14-21(16-22)20-8-6-5-7-9-20/h5-16H,1H2,2-4H3. The molecule has 0 saturated carbocycles. The molecule has 0 N–H and O–H groups in total. The van der Waals surface area contributed by atoms with Gasteiger partial charge in [-0.2, -0.15) is 0 Å². The van der Waals surface area contributed by atoms with Gasteiger partial charge in [0.15, 0.2) is 0 Å². The second kappa shape index (κ2) is 6.85. The van der Waals surface area contributed by atoms with Crippen LogP contribution in [0, 0.1) is 13.8 Å². The van der Waals surface area contributed by atoms with E-state index in [1.807, 2.05) is 6.20 Å². The molecule has 0 amide bonds. The van der Waals surface area contributed by atoms with Crippen molar-refractivity contribution < 1.29 is 0 Å². The van der Waals surface area contributed by atoms with Crippen molar-refractivity contribution in [2.45, 2.75) is 20.8 Å². The number of hydrogen-bond donors (Lipinski definition) is 0. The zero-order chi connectivity index (χ0) is 19.0. The van der Waals surface area contributed by atoms with Crippen molar-refractivity contribution in [2.75, 3.05) is 0 Å². The monoisotopic (exact) mass is 349 g/mol. The summed E-state index contributed by atoms with van der Waals surface area (Å²) in [5, 5.41) is 2.42. The number of nitrogens with zero attached hydrogens (tertiary/aromatic N) is 1. The summed E-state index contributed by atoms with van der Waals surface area (Å²) >= 11 is 0. The third-order valence-electron chi connectivity index (χ3n) is 5.13. The van der Waals surface area contributed by atoms with Gasteiger partial charge >= 0.3 is 0 Å². The second-order valence-electron chi connectivity index (χ2n) is 7.23. The molecule has 0 radical (unpaired) electrons. The average Bonchev–Trinajstić information content (AvgIpc) is 2.68. The minimum Gasteiger partial charge on any atom is -0.256 e. The summed E-state index contributed by atoms with van der Waals surface area (Å²) in [7, 11) is 0. The first kappa shape index (κ1) is 17.2. The summed E-state index contributed by atoms with van der Waals surface area (Å²) in [6.07, 6.45) is 1.91. The van der Waals surface area contributed by atoms with Crippen LogP contribution in [0.25, 0.3) is 38.7 Å². The van der Waals surface area contributed by atoms with E-state index in [0.29, 0.717) is 0 Å². The van der Waals surface area contributed by atoms with Crippen LogP contribution in [0.15, 0.2) is 79.5 Å². The minimum atomic E-state index is 1.03. The van der Waals surface area contributed by atoms with Gasteiger partial charge in [0, 0.05) is 17.1 Å². The van der Waals surface area contributed by atoms with Gasteiger partial charge in [0.25, 0.3) is 0 Å². The van der Waals surface area contributed by atoms with E-state index in [1.165, 1.54) is 38.6 Å². The summed E-state index contributed by atoms with van der Waals surface area (Å²) in [6.45, 7) is 10.5. The lowest BCUT2D eigenvalue weighted by Crippen LogP contribution is -1.92. The topological polar surface area (TPSA) is 12.9 Å². The van der Waals surface area contributed by atoms with Gasteiger partial charge in [0.2, 0.25) is 0 Å². The molecule has 1 aromatic heterocycles. The summed E-state index contributed by atoms with van der Waals surface area (Å²) < 4.78 is 0. The average molecular weight is 349 g/mol. The zero-order valence-electron chi connectivity index (χ0n) is 16.1. The number of allylic oxidation sites excluding steroid dienone is 1. The molecule has 1 heterocycles. The van der Waals surface area contributed by atoms with E-state index in [4.69, 9.17) is 4.98 Å². The Bertz CT molecular complexity index is 1150. The van der Waals surface area contributed by atoms with Crippen LogP contribution in [-0.4, -0.2) is 4.98 Å². The molecule has 3 aromatic carbocycles. The van der Waals surface area contributed by atoms with Crippen LogP contribution in [0.1, 0.15) is 23.6 Å². The normalized spacial score (nSPS) is 10.9. The predicted octanol–water partition coefficient (Wildman–Crippen LogP) is 7.22. The molecular formula is C26H23N. The van der Waals surface area contributed by atoms with E-state index in [2.05, 4.69) is 94.1 Å². The van der Waals surface area contributed by atoms with Crippen LogP contribution in [0.2, 0.25) is 0 Å². The van der Waals surface area contributed by atoms with Gasteiger partial charge in [0.05, 0.1) is 5.69 Å².